The average Bonchev–Trinajstić information content (AvgIpc) is 2.91. The number of hydrogen-bond donors (Lipinski definition) is 0. The predicted octanol–water partition coefficient (Wildman–Crippen LogP) is 3.96. The molecule has 0 aliphatic heterocycles. The second kappa shape index (κ2) is 5.81. The fourth-order valence-corrected chi connectivity index (χ4v) is 5.16. The van der Waals surface area contributed by atoms with E-state index in [2.05, 4.69) is 90.0 Å². The molecule has 1 heterocycles. The third-order valence-corrected chi connectivity index (χ3v) is 6.39. The van der Waals surface area contributed by atoms with E-state index >= 15 is 0 Å². The molecular formula is C18H24N4Si. The third-order valence-electron chi connectivity index (χ3n) is 4.17. The molecule has 0 aliphatic carbocycles. The van der Waals surface area contributed by atoms with Crippen LogP contribution in [0, 0.1) is 0 Å². The van der Waals surface area contributed by atoms with Crippen molar-refractivity contribution in [2.24, 2.45) is 0 Å². The topological polar surface area (TPSA) is 34.0 Å². The van der Waals surface area contributed by atoms with Gasteiger partial charge in [-0.15, -0.1) is 5.10 Å². The summed E-state index contributed by atoms with van der Waals surface area (Å²) in [6.45, 7) is 7.15. The van der Waals surface area contributed by atoms with Crippen LogP contribution in [0.5, 0.6) is 0 Å². The van der Waals surface area contributed by atoms with Gasteiger partial charge in [-0.2, -0.15) is 0 Å². The zero-order valence-corrected chi connectivity index (χ0v) is 15.5. The molecule has 1 atom stereocenters. The molecule has 0 saturated heterocycles. The van der Waals surface area contributed by atoms with Crippen LogP contribution >= 0.6 is 0 Å². The molecule has 0 fully saturated rings. The van der Waals surface area contributed by atoms with Crippen molar-refractivity contribution in [1.82, 2.24) is 15.0 Å². The molecule has 23 heavy (non-hydrogen) atoms. The van der Waals surface area contributed by atoms with E-state index in [0.717, 1.165) is 11.0 Å². The van der Waals surface area contributed by atoms with Crippen LogP contribution in [-0.2, 0) is 0 Å². The molecule has 5 heteroatoms. The molecule has 0 saturated carbocycles. The Morgan fingerprint density at radius 3 is 2.22 bits per heavy atom. The fraction of sp³-hybridized carbons (Fsp3) is 0.333. The zero-order chi connectivity index (χ0) is 16.6. The van der Waals surface area contributed by atoms with Crippen LogP contribution in [0.15, 0.2) is 48.5 Å². The van der Waals surface area contributed by atoms with Crippen LogP contribution in [-0.4, -0.2) is 37.2 Å². The Hall–Kier alpha value is -2.14. The zero-order valence-electron chi connectivity index (χ0n) is 14.5. The van der Waals surface area contributed by atoms with E-state index in [0.29, 0.717) is 0 Å². The molecule has 120 valence electrons. The smallest absolute Gasteiger partial charge is 0.113 e. The van der Waals surface area contributed by atoms with Gasteiger partial charge >= 0.3 is 0 Å². The number of para-hydroxylation sites is 1. The van der Waals surface area contributed by atoms with Crippen molar-refractivity contribution >= 4 is 24.8 Å². The first-order chi connectivity index (χ1) is 10.9. The highest BCUT2D eigenvalue weighted by Crippen LogP contribution is 2.31. The molecule has 4 nitrogen and oxygen atoms in total. The number of aromatic nitrogens is 3. The van der Waals surface area contributed by atoms with Crippen molar-refractivity contribution in [3.05, 3.63) is 54.1 Å². The summed E-state index contributed by atoms with van der Waals surface area (Å²) in [4.78, 5) is 2.12. The molecule has 0 radical (unpaired) electrons. The molecule has 0 aliphatic rings. The van der Waals surface area contributed by atoms with Gasteiger partial charge in [-0.1, -0.05) is 49.1 Å². The lowest BCUT2D eigenvalue weighted by atomic mass is 10.2. The Morgan fingerprint density at radius 1 is 0.957 bits per heavy atom. The number of fused-ring (bicyclic) bond motifs is 1. The highest BCUT2D eigenvalue weighted by Gasteiger charge is 2.32. The van der Waals surface area contributed by atoms with E-state index in [1.807, 2.05) is 12.1 Å². The SMILES string of the molecule is CN(C)c1ccc(C(n2nnc3ccccc32)[Si](C)(C)C)cc1. The predicted molar refractivity (Wildman–Crippen MR) is 99.8 cm³/mol. The van der Waals surface area contributed by atoms with Crippen molar-refractivity contribution in [2.45, 2.75) is 25.3 Å². The lowest BCUT2D eigenvalue weighted by Crippen LogP contribution is -2.36. The Labute approximate surface area is 138 Å². The lowest BCUT2D eigenvalue weighted by Gasteiger charge is -2.30. The molecule has 1 aromatic heterocycles. The van der Waals surface area contributed by atoms with Crippen molar-refractivity contribution in [3.8, 4) is 0 Å². The van der Waals surface area contributed by atoms with Crippen molar-refractivity contribution in [3.63, 3.8) is 0 Å². The van der Waals surface area contributed by atoms with Gasteiger partial charge in [-0.25, -0.2) is 4.68 Å². The molecule has 3 aromatic rings. The van der Waals surface area contributed by atoms with Gasteiger partial charge in [-0.05, 0) is 29.8 Å². The monoisotopic (exact) mass is 324 g/mol. The van der Waals surface area contributed by atoms with E-state index in [4.69, 9.17) is 0 Å². The van der Waals surface area contributed by atoms with E-state index < -0.39 is 8.07 Å². The first kappa shape index (κ1) is 15.7. The Morgan fingerprint density at radius 2 is 1.61 bits per heavy atom. The van der Waals surface area contributed by atoms with E-state index in [9.17, 15) is 0 Å². The van der Waals surface area contributed by atoms with Crippen LogP contribution in [0.25, 0.3) is 11.0 Å². The normalized spacial score (nSPS) is 13.3. The third kappa shape index (κ3) is 3.01. The minimum atomic E-state index is -1.55. The van der Waals surface area contributed by atoms with Crippen LogP contribution in [0.4, 0.5) is 5.69 Å². The van der Waals surface area contributed by atoms with Gasteiger partial charge in [-0.3, -0.25) is 0 Å². The fourth-order valence-electron chi connectivity index (χ4n) is 3.04. The molecule has 0 spiro atoms. The Balaban J connectivity index is 2.12. The maximum atomic E-state index is 4.49. The molecular weight excluding hydrogens is 300 g/mol. The standard InChI is InChI=1S/C18H24N4Si/c1-21(2)15-12-10-14(11-13-15)18(23(3,4)5)22-17-9-7-6-8-16(17)19-20-22/h6-13,18H,1-5H3. The maximum Gasteiger partial charge on any atom is 0.113 e. The molecule has 0 bridgehead atoms. The maximum absolute atomic E-state index is 4.49. The summed E-state index contributed by atoms with van der Waals surface area (Å²) >= 11 is 0. The van der Waals surface area contributed by atoms with E-state index in [-0.39, 0.29) is 5.67 Å². The first-order valence-electron chi connectivity index (χ1n) is 7.95. The Bertz CT molecular complexity index is 800. The number of rotatable bonds is 4. The van der Waals surface area contributed by atoms with Gasteiger partial charge in [0, 0.05) is 19.8 Å². The lowest BCUT2D eigenvalue weighted by molar-refractivity contribution is 0.629. The molecule has 1 unspecified atom stereocenters. The van der Waals surface area contributed by atoms with Crippen LogP contribution < -0.4 is 4.90 Å². The summed E-state index contributed by atoms with van der Waals surface area (Å²) in [5.41, 5.74) is 4.86. The minimum Gasteiger partial charge on any atom is -0.378 e. The van der Waals surface area contributed by atoms with Crippen molar-refractivity contribution < 1.29 is 0 Å². The quantitative estimate of drug-likeness (QED) is 0.681. The van der Waals surface area contributed by atoms with E-state index in [1.165, 1.54) is 11.3 Å². The second-order valence-corrected chi connectivity index (χ2v) is 12.6. The number of nitrogens with zero attached hydrogens (tertiary/aromatic N) is 4. The van der Waals surface area contributed by atoms with E-state index in [1.54, 1.807) is 0 Å². The molecule has 0 N–H and O–H groups in total. The average molecular weight is 325 g/mol. The number of benzene rings is 2. The van der Waals surface area contributed by atoms with Gasteiger partial charge in [0.1, 0.15) is 5.52 Å². The summed E-state index contributed by atoms with van der Waals surface area (Å²) in [6, 6.07) is 17.0. The summed E-state index contributed by atoms with van der Waals surface area (Å²) in [5, 5.41) is 8.84. The van der Waals surface area contributed by atoms with Gasteiger partial charge < -0.3 is 4.90 Å². The second-order valence-electron chi connectivity index (χ2n) is 7.28. The van der Waals surface area contributed by atoms with Gasteiger partial charge in [0.2, 0.25) is 0 Å². The highest BCUT2D eigenvalue weighted by molar-refractivity contribution is 6.77. The number of anilines is 1. The van der Waals surface area contributed by atoms with Gasteiger partial charge in [0.15, 0.2) is 0 Å². The first-order valence-corrected chi connectivity index (χ1v) is 11.5. The van der Waals surface area contributed by atoms with Crippen molar-refractivity contribution in [2.75, 3.05) is 19.0 Å². The highest BCUT2D eigenvalue weighted by atomic mass is 28.3. The summed E-state index contributed by atoms with van der Waals surface area (Å²) in [5.74, 6) is 0. The van der Waals surface area contributed by atoms with Gasteiger partial charge in [0.25, 0.3) is 0 Å². The molecule has 2 aromatic carbocycles. The summed E-state index contributed by atoms with van der Waals surface area (Å²) < 4.78 is 2.12. The molecule has 3 rings (SSSR count). The largest absolute Gasteiger partial charge is 0.378 e. The van der Waals surface area contributed by atoms with Crippen LogP contribution in [0.3, 0.4) is 0 Å². The van der Waals surface area contributed by atoms with Crippen LogP contribution in [0.2, 0.25) is 19.6 Å². The Kier molecular flexibility index (Phi) is 3.98. The van der Waals surface area contributed by atoms with Crippen LogP contribution in [0.1, 0.15) is 11.2 Å². The molecule has 0 amide bonds. The summed E-state index contributed by atoms with van der Waals surface area (Å²) in [6.07, 6.45) is 0. The van der Waals surface area contributed by atoms with Gasteiger partial charge in [0.05, 0.1) is 19.3 Å². The number of hydrogen-bond acceptors (Lipinski definition) is 3. The van der Waals surface area contributed by atoms with Crippen molar-refractivity contribution in [1.29, 1.82) is 0 Å². The minimum absolute atomic E-state index is 0.270. The summed E-state index contributed by atoms with van der Waals surface area (Å²) in [7, 11) is 2.58.